The molecule has 0 N–H and O–H groups in total. The molecule has 8 aliphatic rings. The number of rotatable bonds is 31. The Morgan fingerprint density at radius 3 is 0.904 bits per heavy atom. The zero-order valence-electron chi connectivity index (χ0n) is 73.3. The molecule has 4 saturated heterocycles. The molecule has 8 heterocycles. The maximum Gasteiger partial charge on any atom is 0.338 e. The number of amides is 8. The lowest BCUT2D eigenvalue weighted by Crippen LogP contribution is -2.73. The van der Waals surface area contributed by atoms with Gasteiger partial charge in [0.2, 0.25) is 0 Å². The number of carbonyl (C=O) groups excluding carboxylic acids is 15. The second-order valence-electron chi connectivity index (χ2n) is 32.8. The van der Waals surface area contributed by atoms with E-state index in [9.17, 15) is 24.0 Å². The van der Waals surface area contributed by atoms with E-state index in [0.717, 1.165) is 51.3 Å². The molecule has 0 radical (unpaired) electrons. The zero-order valence-corrected chi connectivity index (χ0v) is 74.1. The zero-order chi connectivity index (χ0) is 95.3. The Kier molecular flexibility index (Phi) is 28.2. The highest BCUT2D eigenvalue weighted by molar-refractivity contribution is 7.99. The summed E-state index contributed by atoms with van der Waals surface area (Å²) >= 11 is 0.974. The SMILES string of the molecule is CC(=O)OC[C@H]1O[C@@H](O[C@H]2[C@H](OC(C)=O)[C@@H](N3C(=O)c4ccccc4C3=O)[C@H](O[C@H]3[C@H](OC(C)=O)[C@@H](N4C(=O)c5ccccc5C4=O)[C@H](OC[C@H]4O[C@@H](Sc5ccccc5)[C@H](N5C(=O)c6ccccc6C5=O)[C@@H](OC(=O)c5ccccc5)[C@@H]4OC(=O)c4ccccc4)O[C@@H]3COCc3ccccc3)O[C@@H]2COCc2ccccc2)[C@H](N2C(=O)c3ccccc3C2=O)[C@@H](OC(C)=O)[C@@H]1OC(C)=O. The van der Waals surface area contributed by atoms with Gasteiger partial charge < -0.3 is 75.8 Å². The van der Waals surface area contributed by atoms with Crippen molar-refractivity contribution in [1.82, 2.24) is 19.6 Å². The first-order valence-electron chi connectivity index (χ1n) is 43.5. The van der Waals surface area contributed by atoms with Crippen LogP contribution in [-0.2, 0) is 113 Å². The van der Waals surface area contributed by atoms with Crippen LogP contribution in [0.3, 0.4) is 0 Å². The van der Waals surface area contributed by atoms with Gasteiger partial charge in [-0.05, 0) is 96.1 Å². The fraction of sp³-hybridized carbons (Fsp3) is 0.310. The number of hydrogen-bond donors (Lipinski definition) is 0. The molecule has 0 aromatic heterocycles. The maximum atomic E-state index is 15.9. The Bertz CT molecular complexity index is 5960. The predicted octanol–water partition coefficient (Wildman–Crippen LogP) is 9.30. The lowest BCUT2D eigenvalue weighted by molar-refractivity contribution is -0.364. The molecule has 0 saturated carbocycles. The van der Waals surface area contributed by atoms with Crippen molar-refractivity contribution in [2.75, 3.05) is 26.4 Å². The van der Waals surface area contributed by atoms with Gasteiger partial charge >= 0.3 is 41.8 Å². The molecule has 9 aromatic carbocycles. The topological polar surface area (TPSA) is 417 Å². The number of fused-ring (bicyclic) bond motifs is 4. The Hall–Kier alpha value is -14.2. The summed E-state index contributed by atoms with van der Waals surface area (Å²) in [6, 6.07) is 55.6. The summed E-state index contributed by atoms with van der Waals surface area (Å²) < 4.78 is 107. The normalized spacial score (nSPS) is 26.6. The van der Waals surface area contributed by atoms with Gasteiger partial charge in [-0.3, -0.25) is 81.9 Å². The third kappa shape index (κ3) is 19.3. The number of esters is 7. The van der Waals surface area contributed by atoms with Gasteiger partial charge in [0.25, 0.3) is 47.3 Å². The highest BCUT2D eigenvalue weighted by atomic mass is 32.2. The molecule has 20 atom stereocenters. The minimum atomic E-state index is -2.36. The Morgan fingerprint density at radius 1 is 0.279 bits per heavy atom. The molecule has 0 unspecified atom stereocenters. The highest BCUT2D eigenvalue weighted by Crippen LogP contribution is 2.47. The fourth-order valence-electron chi connectivity index (χ4n) is 18.1. The van der Waals surface area contributed by atoms with Crippen molar-refractivity contribution in [3.63, 3.8) is 0 Å². The molecule has 4 fully saturated rings. The van der Waals surface area contributed by atoms with Crippen molar-refractivity contribution in [1.29, 1.82) is 0 Å². The van der Waals surface area contributed by atoms with Crippen LogP contribution in [-0.4, -0.2) is 257 Å². The molecule has 36 heteroatoms. The third-order valence-electron chi connectivity index (χ3n) is 23.9. The van der Waals surface area contributed by atoms with E-state index >= 15 is 47.9 Å². The van der Waals surface area contributed by atoms with Crippen molar-refractivity contribution in [2.45, 2.75) is 174 Å². The molecule has 17 rings (SSSR count). The second-order valence-corrected chi connectivity index (χ2v) is 33.9. The standard InChI is InChI=1S/C100H88N4O31S/c1-53(105)122-51-73-79(124-54(2)106)84(126-56(4)108)76(102-89(112)65-41-23-24-42-66(65)90(102)113)99(130-73)135-82-72(50-121-48-59-31-13-7-14-32-59)129-98(77(85(82)127-57(5)109)103-91(114)67-43-25-26-44-68(67)92(103)115)134-81-71(49-120-47-58-29-11-6-12-30-58)128-97(75(83(81)125-55(3)107)101-87(110)63-39-21-22-40-64(63)88(101)111)123-52-74-80(132-95(118)60-33-15-8-16-34-60)86(133-96(119)61-35-17-9-18-36-61)78(100(131-74)136-62-37-19-10-20-38-62)104-93(116)69-45-27-28-46-70(69)94(104)117/h6-46,71-86,97-100H,47-52H2,1-5H3/t71-,72-,73-,74-,75-,76-,77-,78-,79-,80-,81-,82-,83-,84-,85-,86-,97-,98+,99+,100+/m1/s1. The van der Waals surface area contributed by atoms with Gasteiger partial charge in [-0.25, -0.2) is 9.59 Å². The number of thioether (sulfide) groups is 1. The van der Waals surface area contributed by atoms with Crippen LogP contribution >= 0.6 is 11.8 Å². The molecule has 8 amide bonds. The monoisotopic (exact) mass is 1870 g/mol. The number of ether oxygens (including phenoxy) is 16. The highest BCUT2D eigenvalue weighted by Gasteiger charge is 2.66. The van der Waals surface area contributed by atoms with Crippen LogP contribution in [0.5, 0.6) is 0 Å². The van der Waals surface area contributed by atoms with Crippen molar-refractivity contribution in [3.8, 4) is 0 Å². The van der Waals surface area contributed by atoms with Crippen molar-refractivity contribution >= 4 is 101 Å². The second kappa shape index (κ2) is 40.9. The first-order chi connectivity index (χ1) is 65.8. The summed E-state index contributed by atoms with van der Waals surface area (Å²) in [6.07, 6.45) is -30.6. The van der Waals surface area contributed by atoms with Crippen molar-refractivity contribution in [2.24, 2.45) is 0 Å². The van der Waals surface area contributed by atoms with Gasteiger partial charge in [-0.15, -0.1) is 0 Å². The van der Waals surface area contributed by atoms with Gasteiger partial charge in [0.1, 0.15) is 72.8 Å². The summed E-state index contributed by atoms with van der Waals surface area (Å²) in [5.74, 6) is -15.5. The lowest BCUT2D eigenvalue weighted by Gasteiger charge is -2.53. The van der Waals surface area contributed by atoms with E-state index in [0.29, 0.717) is 30.7 Å². The number of hydrogen-bond acceptors (Lipinski definition) is 32. The van der Waals surface area contributed by atoms with E-state index in [2.05, 4.69) is 0 Å². The summed E-state index contributed by atoms with van der Waals surface area (Å²) in [7, 11) is 0. The molecule has 136 heavy (non-hydrogen) atoms. The summed E-state index contributed by atoms with van der Waals surface area (Å²) in [6.45, 7) is 1.24. The van der Waals surface area contributed by atoms with E-state index in [4.69, 9.17) is 75.8 Å². The Morgan fingerprint density at radius 2 is 0.551 bits per heavy atom. The van der Waals surface area contributed by atoms with Crippen LogP contribution in [0.4, 0.5) is 0 Å². The number of carbonyl (C=O) groups is 15. The van der Waals surface area contributed by atoms with Gasteiger partial charge in [-0.2, -0.15) is 0 Å². The summed E-state index contributed by atoms with van der Waals surface area (Å²) in [4.78, 5) is 228. The molecule has 0 spiro atoms. The average molecular weight is 1870 g/mol. The van der Waals surface area contributed by atoms with Crippen molar-refractivity contribution < 1.29 is 148 Å². The van der Waals surface area contributed by atoms with Crippen LogP contribution in [0.1, 0.15) is 149 Å². The lowest BCUT2D eigenvalue weighted by atomic mass is 9.91. The van der Waals surface area contributed by atoms with Crippen LogP contribution in [0, 0.1) is 0 Å². The smallest absolute Gasteiger partial charge is 0.338 e. The first kappa shape index (κ1) is 93.6. The summed E-state index contributed by atoms with van der Waals surface area (Å²) in [5, 5.41) is 0. The summed E-state index contributed by atoms with van der Waals surface area (Å²) in [5.41, 5.74) is -1.71. The van der Waals surface area contributed by atoms with Crippen LogP contribution < -0.4 is 0 Å². The molecule has 9 aromatic rings. The minimum Gasteiger partial charge on any atom is -0.463 e. The van der Waals surface area contributed by atoms with Gasteiger partial charge in [0, 0.05) is 39.5 Å². The molecule has 35 nitrogen and oxygen atoms in total. The van der Waals surface area contributed by atoms with E-state index in [-0.39, 0.29) is 68.8 Å². The van der Waals surface area contributed by atoms with Gasteiger partial charge in [0.15, 0.2) is 55.5 Å². The Labute approximate surface area is 780 Å². The largest absolute Gasteiger partial charge is 0.463 e. The Balaban J connectivity index is 0.828. The molecular formula is C100H88N4O31S. The van der Waals surface area contributed by atoms with Crippen LogP contribution in [0.15, 0.2) is 254 Å². The van der Waals surface area contributed by atoms with Gasteiger partial charge in [-0.1, -0.05) is 176 Å². The maximum absolute atomic E-state index is 15.9. The van der Waals surface area contributed by atoms with E-state index in [1.54, 1.807) is 140 Å². The number of imide groups is 4. The molecule has 0 bridgehead atoms. The molecule has 0 aliphatic carbocycles. The molecule has 8 aliphatic heterocycles. The minimum absolute atomic E-state index is 0.0256. The van der Waals surface area contributed by atoms with Crippen molar-refractivity contribution in [3.05, 3.63) is 315 Å². The van der Waals surface area contributed by atoms with E-state index < -0.39 is 237 Å². The molecular weight excluding hydrogens is 1790 g/mol. The predicted molar refractivity (Wildman–Crippen MR) is 468 cm³/mol. The first-order valence-corrected chi connectivity index (χ1v) is 44.4. The van der Waals surface area contributed by atoms with Crippen LogP contribution in [0.2, 0.25) is 0 Å². The fourth-order valence-corrected chi connectivity index (χ4v) is 19.3. The number of benzene rings is 9. The quantitative estimate of drug-likeness (QED) is 0.0222. The number of nitrogens with zero attached hydrogens (tertiary/aromatic N) is 4. The average Bonchev–Trinajstić information content (AvgIpc) is 1.51. The molecule has 700 valence electrons. The van der Waals surface area contributed by atoms with E-state index in [1.165, 1.54) is 109 Å². The van der Waals surface area contributed by atoms with Gasteiger partial charge in [0.05, 0.1) is 88.7 Å². The van der Waals surface area contributed by atoms with Crippen LogP contribution in [0.25, 0.3) is 0 Å². The van der Waals surface area contributed by atoms with E-state index in [1.807, 2.05) is 0 Å². The third-order valence-corrected chi connectivity index (χ3v) is 25.1.